The van der Waals surface area contributed by atoms with Gasteiger partial charge in [-0.05, 0) is 38.8 Å². The molecule has 1 aliphatic rings. The fourth-order valence-corrected chi connectivity index (χ4v) is 2.84. The summed E-state index contributed by atoms with van der Waals surface area (Å²) in [4.78, 5) is 37.2. The van der Waals surface area contributed by atoms with Gasteiger partial charge in [0.15, 0.2) is 5.78 Å². The first kappa shape index (κ1) is 15.4. The monoisotopic (exact) mass is 288 g/mol. The van der Waals surface area contributed by atoms with E-state index < -0.39 is 6.04 Å². The van der Waals surface area contributed by atoms with Crippen molar-refractivity contribution in [3.8, 4) is 0 Å². The van der Waals surface area contributed by atoms with Crippen molar-refractivity contribution >= 4 is 17.6 Å². The third-order valence-corrected chi connectivity index (χ3v) is 3.84. The first-order valence-corrected chi connectivity index (χ1v) is 6.98. The second kappa shape index (κ2) is 5.77. The normalized spacial score (nSPS) is 19.5. The number of aryl methyl sites for hydroxylation is 3. The summed E-state index contributed by atoms with van der Waals surface area (Å²) in [5.41, 5.74) is 3.66. The Morgan fingerprint density at radius 3 is 2.38 bits per heavy atom. The van der Waals surface area contributed by atoms with Crippen LogP contribution in [0.4, 0.5) is 0 Å². The van der Waals surface area contributed by atoms with Crippen LogP contribution in [0.5, 0.6) is 0 Å². The quantitative estimate of drug-likeness (QED) is 0.669. The molecular formula is C16H20N2O3. The van der Waals surface area contributed by atoms with Crippen molar-refractivity contribution in [2.75, 3.05) is 13.1 Å². The number of nitrogens with zero attached hydrogens (tertiary/aromatic N) is 1. The molecule has 1 unspecified atom stereocenters. The van der Waals surface area contributed by atoms with Gasteiger partial charge in [-0.1, -0.05) is 17.7 Å². The van der Waals surface area contributed by atoms with Crippen LogP contribution in [-0.4, -0.2) is 41.6 Å². The molecule has 5 nitrogen and oxygen atoms in total. The number of imide groups is 1. The number of rotatable bonds is 3. The number of carbonyl (C=O) groups is 3. The molecular weight excluding hydrogens is 268 g/mol. The minimum atomic E-state index is -0.474. The van der Waals surface area contributed by atoms with Gasteiger partial charge in [0.1, 0.15) is 0 Å². The third kappa shape index (κ3) is 3.19. The first-order chi connectivity index (χ1) is 9.79. The molecule has 5 heteroatoms. The highest BCUT2D eigenvalue weighted by Gasteiger charge is 2.31. The van der Waals surface area contributed by atoms with E-state index in [1.165, 1.54) is 0 Å². The summed E-state index contributed by atoms with van der Waals surface area (Å²) in [7, 11) is 0. The standard InChI is InChI=1S/C16H20N2O3/c1-9-5-10(2)15(11(3)6-9)13(19)7-18-8-14(20)17-16(21)12(18)4/h5-6,12H,7-8H2,1-4H3,(H,17,20,21). The second-order valence-corrected chi connectivity index (χ2v) is 5.69. The molecule has 0 bridgehead atoms. The molecule has 1 N–H and O–H groups in total. The van der Waals surface area contributed by atoms with Gasteiger partial charge in [0.25, 0.3) is 0 Å². The Morgan fingerprint density at radius 1 is 1.24 bits per heavy atom. The number of amides is 2. The van der Waals surface area contributed by atoms with E-state index in [4.69, 9.17) is 0 Å². The highest BCUT2D eigenvalue weighted by Crippen LogP contribution is 2.18. The summed E-state index contributed by atoms with van der Waals surface area (Å²) in [6.07, 6.45) is 0. The Kier molecular flexibility index (Phi) is 4.23. The Bertz CT molecular complexity index is 599. The predicted molar refractivity (Wildman–Crippen MR) is 79.2 cm³/mol. The molecule has 0 radical (unpaired) electrons. The van der Waals surface area contributed by atoms with Crippen molar-refractivity contribution in [3.63, 3.8) is 0 Å². The van der Waals surface area contributed by atoms with Crippen LogP contribution in [0.2, 0.25) is 0 Å². The summed E-state index contributed by atoms with van der Waals surface area (Å²) in [5, 5.41) is 2.27. The molecule has 0 spiro atoms. The molecule has 1 saturated heterocycles. The summed E-state index contributed by atoms with van der Waals surface area (Å²) >= 11 is 0. The van der Waals surface area contributed by atoms with E-state index in [0.29, 0.717) is 5.56 Å². The maximum absolute atomic E-state index is 12.5. The van der Waals surface area contributed by atoms with E-state index >= 15 is 0 Å². The van der Waals surface area contributed by atoms with Crippen molar-refractivity contribution in [1.29, 1.82) is 0 Å². The Morgan fingerprint density at radius 2 is 1.81 bits per heavy atom. The summed E-state index contributed by atoms with van der Waals surface area (Å²) in [6, 6.07) is 3.47. The molecule has 1 atom stereocenters. The number of ketones is 1. The minimum absolute atomic E-state index is 0.0562. The number of Topliss-reactive ketones (excluding diaryl/α,β-unsaturated/α-hetero) is 1. The van der Waals surface area contributed by atoms with Crippen molar-refractivity contribution in [3.05, 3.63) is 34.4 Å². The zero-order chi connectivity index (χ0) is 15.7. The molecule has 0 aromatic heterocycles. The van der Waals surface area contributed by atoms with Gasteiger partial charge in [0.05, 0.1) is 19.1 Å². The number of carbonyl (C=O) groups excluding carboxylic acids is 3. The van der Waals surface area contributed by atoms with Gasteiger partial charge in [0.2, 0.25) is 11.8 Å². The molecule has 1 heterocycles. The van der Waals surface area contributed by atoms with Crippen LogP contribution in [0, 0.1) is 20.8 Å². The molecule has 112 valence electrons. The Labute approximate surface area is 124 Å². The minimum Gasteiger partial charge on any atom is -0.294 e. The fraction of sp³-hybridized carbons (Fsp3) is 0.438. The van der Waals surface area contributed by atoms with Crippen molar-refractivity contribution in [1.82, 2.24) is 10.2 Å². The number of hydrogen-bond donors (Lipinski definition) is 1. The fourth-order valence-electron chi connectivity index (χ4n) is 2.84. The highest BCUT2D eigenvalue weighted by atomic mass is 16.2. The van der Waals surface area contributed by atoms with Crippen molar-refractivity contribution < 1.29 is 14.4 Å². The topological polar surface area (TPSA) is 66.5 Å². The van der Waals surface area contributed by atoms with Crippen LogP contribution in [0.15, 0.2) is 12.1 Å². The lowest BCUT2D eigenvalue weighted by atomic mass is 9.96. The largest absolute Gasteiger partial charge is 0.294 e. The summed E-state index contributed by atoms with van der Waals surface area (Å²) in [5.74, 6) is -0.765. The van der Waals surface area contributed by atoms with Crippen LogP contribution in [-0.2, 0) is 9.59 Å². The van der Waals surface area contributed by atoms with Gasteiger partial charge < -0.3 is 0 Å². The molecule has 2 amide bonds. The van der Waals surface area contributed by atoms with Crippen LogP contribution in [0.25, 0.3) is 0 Å². The third-order valence-electron chi connectivity index (χ3n) is 3.84. The van der Waals surface area contributed by atoms with Crippen LogP contribution < -0.4 is 5.32 Å². The summed E-state index contributed by atoms with van der Waals surface area (Å²) in [6.45, 7) is 7.65. The molecule has 2 rings (SSSR count). The highest BCUT2D eigenvalue weighted by molar-refractivity contribution is 6.04. The van der Waals surface area contributed by atoms with E-state index in [9.17, 15) is 14.4 Å². The molecule has 0 saturated carbocycles. The number of nitrogens with one attached hydrogen (secondary N) is 1. The Balaban J connectivity index is 2.22. The van der Waals surface area contributed by atoms with Crippen molar-refractivity contribution in [2.45, 2.75) is 33.7 Å². The number of piperazine rings is 1. The van der Waals surface area contributed by atoms with Crippen LogP contribution >= 0.6 is 0 Å². The van der Waals surface area contributed by atoms with Gasteiger partial charge in [-0.2, -0.15) is 0 Å². The predicted octanol–water partition coefficient (Wildman–Crippen LogP) is 1.14. The van der Waals surface area contributed by atoms with Gasteiger partial charge >= 0.3 is 0 Å². The van der Waals surface area contributed by atoms with E-state index in [-0.39, 0.29) is 30.7 Å². The number of benzene rings is 1. The van der Waals surface area contributed by atoms with Gasteiger partial charge in [-0.15, -0.1) is 0 Å². The second-order valence-electron chi connectivity index (χ2n) is 5.69. The maximum Gasteiger partial charge on any atom is 0.243 e. The maximum atomic E-state index is 12.5. The molecule has 21 heavy (non-hydrogen) atoms. The average molecular weight is 288 g/mol. The lowest BCUT2D eigenvalue weighted by molar-refractivity contribution is -0.139. The summed E-state index contributed by atoms with van der Waals surface area (Å²) < 4.78 is 0. The van der Waals surface area contributed by atoms with E-state index in [0.717, 1.165) is 16.7 Å². The molecule has 1 fully saturated rings. The smallest absolute Gasteiger partial charge is 0.243 e. The number of hydrogen-bond acceptors (Lipinski definition) is 4. The van der Waals surface area contributed by atoms with Gasteiger partial charge in [0, 0.05) is 5.56 Å². The molecule has 1 aliphatic heterocycles. The van der Waals surface area contributed by atoms with Crippen LogP contribution in [0.1, 0.15) is 34.0 Å². The zero-order valence-electron chi connectivity index (χ0n) is 12.8. The zero-order valence-corrected chi connectivity index (χ0v) is 12.8. The molecule has 1 aromatic rings. The van der Waals surface area contributed by atoms with Crippen molar-refractivity contribution in [2.24, 2.45) is 0 Å². The van der Waals surface area contributed by atoms with Crippen LogP contribution in [0.3, 0.4) is 0 Å². The lowest BCUT2D eigenvalue weighted by Crippen LogP contribution is -2.57. The average Bonchev–Trinajstić information content (AvgIpc) is 2.33. The SMILES string of the molecule is Cc1cc(C)c(C(=O)CN2CC(=O)NC(=O)C2C)c(C)c1. The van der Waals surface area contributed by atoms with E-state index in [2.05, 4.69) is 5.32 Å². The van der Waals surface area contributed by atoms with E-state index in [1.807, 2.05) is 32.9 Å². The Hall–Kier alpha value is -2.01. The molecule has 1 aromatic carbocycles. The lowest BCUT2D eigenvalue weighted by Gasteiger charge is -2.31. The first-order valence-electron chi connectivity index (χ1n) is 6.98. The van der Waals surface area contributed by atoms with Gasteiger partial charge in [-0.25, -0.2) is 0 Å². The van der Waals surface area contributed by atoms with Gasteiger partial charge in [-0.3, -0.25) is 24.6 Å². The molecule has 0 aliphatic carbocycles. The van der Waals surface area contributed by atoms with E-state index in [1.54, 1.807) is 11.8 Å².